The second-order valence-corrected chi connectivity index (χ2v) is 7.84. The third-order valence-corrected chi connectivity index (χ3v) is 5.29. The zero-order valence-electron chi connectivity index (χ0n) is 14.0. The molecule has 1 heterocycles. The zero-order valence-corrected chi connectivity index (χ0v) is 16.3. The van der Waals surface area contributed by atoms with Crippen LogP contribution in [0.5, 0.6) is 0 Å². The molecule has 1 aromatic heterocycles. The fourth-order valence-electron chi connectivity index (χ4n) is 2.33. The Bertz CT molecular complexity index is 785. The minimum Gasteiger partial charge on any atom is -0.480 e. The Morgan fingerprint density at radius 3 is 2.40 bits per heavy atom. The molecule has 0 aliphatic rings. The van der Waals surface area contributed by atoms with Crippen molar-refractivity contribution in [1.82, 2.24) is 10.3 Å². The van der Waals surface area contributed by atoms with Crippen LogP contribution in [-0.2, 0) is 4.79 Å². The highest BCUT2D eigenvalue weighted by atomic mass is 35.5. The van der Waals surface area contributed by atoms with E-state index >= 15 is 0 Å². The van der Waals surface area contributed by atoms with Gasteiger partial charge in [-0.05, 0) is 31.4 Å². The average Bonchev–Trinajstić information content (AvgIpc) is 2.87. The zero-order chi connectivity index (χ0) is 18.7. The first-order valence-electron chi connectivity index (χ1n) is 7.66. The maximum atomic E-state index is 12.5. The molecule has 8 heteroatoms. The number of rotatable bonds is 6. The third kappa shape index (κ3) is 4.71. The molecular formula is C17H18Cl2N2O3S. The van der Waals surface area contributed by atoms with Gasteiger partial charge in [0.25, 0.3) is 5.91 Å². The van der Waals surface area contributed by atoms with Crippen molar-refractivity contribution in [1.29, 1.82) is 0 Å². The highest BCUT2D eigenvalue weighted by molar-refractivity contribution is 7.17. The number of halogens is 2. The summed E-state index contributed by atoms with van der Waals surface area (Å²) in [5, 5.41) is 13.3. The van der Waals surface area contributed by atoms with Gasteiger partial charge in [-0.25, -0.2) is 9.78 Å². The number of aliphatic carboxylic acids is 1. The predicted molar refractivity (Wildman–Crippen MR) is 101 cm³/mol. The summed E-state index contributed by atoms with van der Waals surface area (Å²) in [4.78, 5) is 28.6. The Morgan fingerprint density at radius 2 is 1.88 bits per heavy atom. The highest BCUT2D eigenvalue weighted by Crippen LogP contribution is 2.37. The molecule has 0 radical (unpaired) electrons. The molecular weight excluding hydrogens is 383 g/mol. The van der Waals surface area contributed by atoms with E-state index in [0.717, 1.165) is 11.3 Å². The van der Waals surface area contributed by atoms with E-state index in [9.17, 15) is 14.7 Å². The predicted octanol–water partition coefficient (Wildman–Crippen LogP) is 4.65. The molecule has 1 amide bonds. The SMILES string of the molecule is Cc1nc(-c2c(Cl)cccc2Cl)sc1C(=O)NC(CC(C)C)C(=O)O. The lowest BCUT2D eigenvalue weighted by molar-refractivity contribution is -0.139. The van der Waals surface area contributed by atoms with E-state index in [2.05, 4.69) is 10.3 Å². The van der Waals surface area contributed by atoms with Crippen LogP contribution in [0.4, 0.5) is 0 Å². The molecule has 0 fully saturated rings. The van der Waals surface area contributed by atoms with E-state index in [1.807, 2.05) is 13.8 Å². The van der Waals surface area contributed by atoms with Gasteiger partial charge in [-0.3, -0.25) is 4.79 Å². The second kappa shape index (κ2) is 8.17. The molecule has 1 atom stereocenters. The Labute approximate surface area is 160 Å². The highest BCUT2D eigenvalue weighted by Gasteiger charge is 2.25. The van der Waals surface area contributed by atoms with E-state index in [4.69, 9.17) is 23.2 Å². The van der Waals surface area contributed by atoms with Crippen LogP contribution in [0.1, 0.15) is 35.6 Å². The molecule has 5 nitrogen and oxygen atoms in total. The Kier molecular flexibility index (Phi) is 6.43. The fourth-order valence-corrected chi connectivity index (χ4v) is 4.06. The first-order chi connectivity index (χ1) is 11.7. The summed E-state index contributed by atoms with van der Waals surface area (Å²) in [5.74, 6) is -1.38. The van der Waals surface area contributed by atoms with Gasteiger partial charge < -0.3 is 10.4 Å². The summed E-state index contributed by atoms with van der Waals surface area (Å²) < 4.78 is 0. The van der Waals surface area contributed by atoms with Gasteiger partial charge in [-0.2, -0.15) is 0 Å². The normalized spacial score (nSPS) is 12.2. The van der Waals surface area contributed by atoms with Gasteiger partial charge in [0.05, 0.1) is 15.7 Å². The molecule has 25 heavy (non-hydrogen) atoms. The molecule has 134 valence electrons. The quantitative estimate of drug-likeness (QED) is 0.738. The van der Waals surface area contributed by atoms with Crippen molar-refractivity contribution in [2.24, 2.45) is 5.92 Å². The van der Waals surface area contributed by atoms with Crippen LogP contribution in [0.25, 0.3) is 10.6 Å². The molecule has 0 aliphatic heterocycles. The number of carbonyl (C=O) groups excluding carboxylic acids is 1. The van der Waals surface area contributed by atoms with E-state index in [0.29, 0.717) is 37.6 Å². The van der Waals surface area contributed by atoms with Gasteiger partial charge in [-0.1, -0.05) is 43.1 Å². The van der Waals surface area contributed by atoms with E-state index in [1.165, 1.54) is 0 Å². The monoisotopic (exact) mass is 400 g/mol. The number of carbonyl (C=O) groups is 2. The summed E-state index contributed by atoms with van der Waals surface area (Å²) in [6, 6.07) is 4.18. The summed E-state index contributed by atoms with van der Waals surface area (Å²) in [6.07, 6.45) is 0.349. The number of aromatic nitrogens is 1. The number of benzene rings is 1. The van der Waals surface area contributed by atoms with Crippen LogP contribution < -0.4 is 5.32 Å². The minimum absolute atomic E-state index is 0.140. The number of aryl methyl sites for hydroxylation is 1. The van der Waals surface area contributed by atoms with Crippen LogP contribution in [0, 0.1) is 12.8 Å². The van der Waals surface area contributed by atoms with Gasteiger partial charge in [0.1, 0.15) is 15.9 Å². The number of nitrogens with zero attached hydrogens (tertiary/aromatic N) is 1. The molecule has 0 aliphatic carbocycles. The van der Waals surface area contributed by atoms with E-state index in [-0.39, 0.29) is 5.92 Å². The summed E-state index contributed by atoms with van der Waals surface area (Å²) in [6.45, 7) is 5.49. The van der Waals surface area contributed by atoms with Crippen LogP contribution in [-0.4, -0.2) is 28.0 Å². The van der Waals surface area contributed by atoms with Crippen molar-refractivity contribution in [2.75, 3.05) is 0 Å². The van der Waals surface area contributed by atoms with Gasteiger partial charge in [0, 0.05) is 5.56 Å². The Hall–Kier alpha value is -1.63. The van der Waals surface area contributed by atoms with Crippen LogP contribution >= 0.6 is 34.5 Å². The molecule has 2 aromatic rings. The maximum Gasteiger partial charge on any atom is 0.326 e. The molecule has 1 aromatic carbocycles. The van der Waals surface area contributed by atoms with E-state index < -0.39 is 17.9 Å². The fraction of sp³-hybridized carbons (Fsp3) is 0.353. The van der Waals surface area contributed by atoms with Gasteiger partial charge >= 0.3 is 5.97 Å². The first kappa shape index (κ1) is 19.7. The molecule has 0 spiro atoms. The van der Waals surface area contributed by atoms with E-state index in [1.54, 1.807) is 25.1 Å². The lowest BCUT2D eigenvalue weighted by atomic mass is 10.0. The number of hydrogen-bond acceptors (Lipinski definition) is 4. The summed E-state index contributed by atoms with van der Waals surface area (Å²) >= 11 is 13.5. The first-order valence-corrected chi connectivity index (χ1v) is 9.23. The number of thiazole rings is 1. The van der Waals surface area contributed by atoms with Gasteiger partial charge in [-0.15, -0.1) is 11.3 Å². The third-order valence-electron chi connectivity index (χ3n) is 3.49. The molecule has 0 saturated heterocycles. The molecule has 0 bridgehead atoms. The Morgan fingerprint density at radius 1 is 1.28 bits per heavy atom. The number of carboxylic acid groups (broad SMARTS) is 1. The average molecular weight is 401 g/mol. The van der Waals surface area contributed by atoms with Crippen molar-refractivity contribution in [2.45, 2.75) is 33.2 Å². The molecule has 1 unspecified atom stereocenters. The van der Waals surface area contributed by atoms with Crippen molar-refractivity contribution in [3.63, 3.8) is 0 Å². The smallest absolute Gasteiger partial charge is 0.326 e. The van der Waals surface area contributed by atoms with Crippen molar-refractivity contribution in [3.8, 4) is 10.6 Å². The summed E-state index contributed by atoms with van der Waals surface area (Å²) in [7, 11) is 0. The lowest BCUT2D eigenvalue weighted by Crippen LogP contribution is -2.41. The maximum absolute atomic E-state index is 12.5. The van der Waals surface area contributed by atoms with Gasteiger partial charge in [0.2, 0.25) is 0 Å². The van der Waals surface area contributed by atoms with Crippen LogP contribution in [0.3, 0.4) is 0 Å². The lowest BCUT2D eigenvalue weighted by Gasteiger charge is -2.15. The van der Waals surface area contributed by atoms with Crippen LogP contribution in [0.15, 0.2) is 18.2 Å². The standard InChI is InChI=1S/C17H18Cl2N2O3S/c1-8(2)7-12(17(23)24)21-15(22)14-9(3)20-16(25-14)13-10(18)5-4-6-11(13)19/h4-6,8,12H,7H2,1-3H3,(H,21,22)(H,23,24). The number of hydrogen-bond donors (Lipinski definition) is 2. The number of carboxylic acids is 1. The minimum atomic E-state index is -1.06. The van der Waals surface area contributed by atoms with Crippen molar-refractivity contribution < 1.29 is 14.7 Å². The molecule has 2 N–H and O–H groups in total. The Balaban J connectivity index is 2.30. The van der Waals surface area contributed by atoms with Crippen LogP contribution in [0.2, 0.25) is 10.0 Å². The molecule has 2 rings (SSSR count). The molecule has 0 saturated carbocycles. The number of amides is 1. The topological polar surface area (TPSA) is 79.3 Å². The second-order valence-electron chi connectivity index (χ2n) is 6.02. The summed E-state index contributed by atoms with van der Waals surface area (Å²) in [5.41, 5.74) is 1.07. The van der Waals surface area contributed by atoms with Crippen molar-refractivity contribution >= 4 is 46.4 Å². The van der Waals surface area contributed by atoms with Crippen molar-refractivity contribution in [3.05, 3.63) is 38.8 Å². The number of nitrogens with one attached hydrogen (secondary N) is 1. The van der Waals surface area contributed by atoms with Gasteiger partial charge in [0.15, 0.2) is 0 Å². The largest absolute Gasteiger partial charge is 0.480 e.